The molecule has 3 rings (SSSR count). The summed E-state index contributed by atoms with van der Waals surface area (Å²) in [4.78, 5) is 11.3. The second-order valence-corrected chi connectivity index (χ2v) is 4.57. The Balaban J connectivity index is 1.69. The number of benzene rings is 2. The maximum absolute atomic E-state index is 11.3. The Morgan fingerprint density at radius 3 is 2.74 bits per heavy atom. The van der Waals surface area contributed by atoms with Crippen molar-refractivity contribution in [3.05, 3.63) is 53.6 Å². The molecule has 19 heavy (non-hydrogen) atoms. The summed E-state index contributed by atoms with van der Waals surface area (Å²) in [6, 6.07) is 13.2. The Hall–Kier alpha value is -2.49. The van der Waals surface area contributed by atoms with Crippen molar-refractivity contribution >= 4 is 17.3 Å². The molecule has 0 aliphatic carbocycles. The van der Waals surface area contributed by atoms with Gasteiger partial charge in [-0.15, -0.1) is 0 Å². The first kappa shape index (κ1) is 11.6. The van der Waals surface area contributed by atoms with E-state index in [-0.39, 0.29) is 5.91 Å². The van der Waals surface area contributed by atoms with Crippen molar-refractivity contribution in [1.82, 2.24) is 0 Å². The molecular weight excluding hydrogens is 240 g/mol. The second-order valence-electron chi connectivity index (χ2n) is 4.57. The van der Waals surface area contributed by atoms with E-state index in [1.165, 1.54) is 0 Å². The molecule has 0 spiro atoms. The van der Waals surface area contributed by atoms with Crippen molar-refractivity contribution in [2.75, 3.05) is 11.1 Å². The second kappa shape index (κ2) is 4.65. The summed E-state index contributed by atoms with van der Waals surface area (Å²) in [7, 11) is 0. The molecule has 0 unspecified atom stereocenters. The lowest BCUT2D eigenvalue weighted by atomic mass is 10.1. The van der Waals surface area contributed by atoms with Crippen molar-refractivity contribution < 1.29 is 9.53 Å². The van der Waals surface area contributed by atoms with E-state index in [1.54, 1.807) is 12.1 Å². The Bertz CT molecular complexity index is 621. The maximum atomic E-state index is 11.3. The first-order valence-electron chi connectivity index (χ1n) is 6.11. The van der Waals surface area contributed by atoms with E-state index in [1.807, 2.05) is 30.3 Å². The number of carbonyl (C=O) groups excluding carboxylic acids is 1. The summed E-state index contributed by atoms with van der Waals surface area (Å²) in [5, 5.41) is 2.81. The number of carbonyl (C=O) groups is 1. The molecule has 0 saturated heterocycles. The Morgan fingerprint density at radius 2 is 1.95 bits per heavy atom. The predicted molar refractivity (Wildman–Crippen MR) is 74.0 cm³/mol. The molecule has 0 atom stereocenters. The smallest absolute Gasteiger partial charge is 0.228 e. The maximum Gasteiger partial charge on any atom is 0.228 e. The number of fused-ring (bicyclic) bond motifs is 1. The van der Waals surface area contributed by atoms with Gasteiger partial charge in [0.2, 0.25) is 5.91 Å². The van der Waals surface area contributed by atoms with E-state index in [0.29, 0.717) is 13.0 Å². The van der Waals surface area contributed by atoms with E-state index in [4.69, 9.17) is 10.5 Å². The summed E-state index contributed by atoms with van der Waals surface area (Å²) in [6.07, 6.45) is 0.449. The molecule has 2 aromatic rings. The van der Waals surface area contributed by atoms with Crippen LogP contribution in [0, 0.1) is 0 Å². The van der Waals surface area contributed by atoms with Gasteiger partial charge in [-0.25, -0.2) is 0 Å². The van der Waals surface area contributed by atoms with Gasteiger partial charge in [0, 0.05) is 11.4 Å². The summed E-state index contributed by atoms with van der Waals surface area (Å²) >= 11 is 0. The average molecular weight is 254 g/mol. The fourth-order valence-electron chi connectivity index (χ4n) is 2.10. The van der Waals surface area contributed by atoms with Crippen LogP contribution in [0.5, 0.6) is 5.75 Å². The van der Waals surface area contributed by atoms with Crippen LogP contribution in [-0.2, 0) is 17.8 Å². The fraction of sp³-hybridized carbons (Fsp3) is 0.133. The van der Waals surface area contributed by atoms with Gasteiger partial charge in [-0.2, -0.15) is 0 Å². The molecule has 0 fully saturated rings. The SMILES string of the molecule is Nc1ccc(OCc2ccc3c(c2)CC(=O)N3)cc1. The summed E-state index contributed by atoms with van der Waals surface area (Å²) in [5.41, 5.74) is 9.31. The topological polar surface area (TPSA) is 64.3 Å². The third kappa shape index (κ3) is 2.52. The number of rotatable bonds is 3. The molecule has 4 nitrogen and oxygen atoms in total. The number of amides is 1. The van der Waals surface area contributed by atoms with Gasteiger partial charge in [-0.3, -0.25) is 4.79 Å². The highest BCUT2D eigenvalue weighted by Gasteiger charge is 2.17. The zero-order valence-electron chi connectivity index (χ0n) is 10.3. The summed E-state index contributed by atoms with van der Waals surface area (Å²) < 4.78 is 5.67. The molecule has 0 bridgehead atoms. The Morgan fingerprint density at radius 1 is 1.16 bits per heavy atom. The van der Waals surface area contributed by atoms with Gasteiger partial charge >= 0.3 is 0 Å². The van der Waals surface area contributed by atoms with Gasteiger partial charge in [-0.05, 0) is 47.5 Å². The standard InChI is InChI=1S/C15H14N2O2/c16-12-2-4-13(5-3-12)19-9-10-1-6-14-11(7-10)8-15(18)17-14/h1-7H,8-9,16H2,(H,17,18). The zero-order chi connectivity index (χ0) is 13.2. The molecule has 1 heterocycles. The fourth-order valence-corrected chi connectivity index (χ4v) is 2.10. The monoisotopic (exact) mass is 254 g/mol. The molecule has 2 aromatic carbocycles. The normalized spacial score (nSPS) is 12.9. The first-order valence-corrected chi connectivity index (χ1v) is 6.11. The van der Waals surface area contributed by atoms with E-state index in [2.05, 4.69) is 5.32 Å². The molecule has 0 aromatic heterocycles. The minimum atomic E-state index is 0.0478. The number of hydrogen-bond donors (Lipinski definition) is 2. The average Bonchev–Trinajstić information content (AvgIpc) is 2.77. The quantitative estimate of drug-likeness (QED) is 0.826. The molecule has 4 heteroatoms. The van der Waals surface area contributed by atoms with Gasteiger partial charge in [0.1, 0.15) is 12.4 Å². The zero-order valence-corrected chi connectivity index (χ0v) is 10.3. The number of anilines is 2. The largest absolute Gasteiger partial charge is 0.489 e. The van der Waals surface area contributed by atoms with Crippen molar-refractivity contribution in [2.24, 2.45) is 0 Å². The van der Waals surface area contributed by atoms with Crippen molar-refractivity contribution in [1.29, 1.82) is 0 Å². The van der Waals surface area contributed by atoms with Crippen LogP contribution in [0.15, 0.2) is 42.5 Å². The van der Waals surface area contributed by atoms with E-state index >= 15 is 0 Å². The van der Waals surface area contributed by atoms with E-state index in [9.17, 15) is 4.79 Å². The molecule has 0 radical (unpaired) electrons. The number of nitrogen functional groups attached to an aromatic ring is 1. The summed E-state index contributed by atoms with van der Waals surface area (Å²) in [6.45, 7) is 0.478. The van der Waals surface area contributed by atoms with Crippen LogP contribution in [0.1, 0.15) is 11.1 Å². The van der Waals surface area contributed by atoms with Crippen molar-refractivity contribution in [2.45, 2.75) is 13.0 Å². The lowest BCUT2D eigenvalue weighted by Crippen LogP contribution is -2.03. The Kier molecular flexibility index (Phi) is 2.83. The molecular formula is C15H14N2O2. The molecule has 3 N–H and O–H groups in total. The highest BCUT2D eigenvalue weighted by atomic mass is 16.5. The van der Waals surface area contributed by atoms with Crippen molar-refractivity contribution in [3.8, 4) is 5.75 Å². The highest BCUT2D eigenvalue weighted by Crippen LogP contribution is 2.24. The molecule has 1 aliphatic rings. The first-order chi connectivity index (χ1) is 9.20. The third-order valence-electron chi connectivity index (χ3n) is 3.08. The number of hydrogen-bond acceptors (Lipinski definition) is 3. The Labute approximate surface area is 111 Å². The third-order valence-corrected chi connectivity index (χ3v) is 3.08. The van der Waals surface area contributed by atoms with Gasteiger partial charge < -0.3 is 15.8 Å². The molecule has 0 saturated carbocycles. The minimum Gasteiger partial charge on any atom is -0.489 e. The van der Waals surface area contributed by atoms with Crippen LogP contribution < -0.4 is 15.8 Å². The van der Waals surface area contributed by atoms with Crippen LogP contribution >= 0.6 is 0 Å². The molecule has 96 valence electrons. The van der Waals surface area contributed by atoms with Gasteiger partial charge in [0.05, 0.1) is 6.42 Å². The van der Waals surface area contributed by atoms with Gasteiger partial charge in [0.15, 0.2) is 0 Å². The van der Waals surface area contributed by atoms with Gasteiger partial charge in [0.25, 0.3) is 0 Å². The van der Waals surface area contributed by atoms with Crippen LogP contribution in [0.4, 0.5) is 11.4 Å². The van der Waals surface area contributed by atoms with Crippen molar-refractivity contribution in [3.63, 3.8) is 0 Å². The number of ether oxygens (including phenoxy) is 1. The van der Waals surface area contributed by atoms with Crippen LogP contribution in [0.25, 0.3) is 0 Å². The van der Waals surface area contributed by atoms with Crippen LogP contribution in [0.3, 0.4) is 0 Å². The van der Waals surface area contributed by atoms with E-state index < -0.39 is 0 Å². The lowest BCUT2D eigenvalue weighted by Gasteiger charge is -2.07. The van der Waals surface area contributed by atoms with Crippen LogP contribution in [0.2, 0.25) is 0 Å². The highest BCUT2D eigenvalue weighted by molar-refractivity contribution is 5.99. The lowest BCUT2D eigenvalue weighted by molar-refractivity contribution is -0.115. The van der Waals surface area contributed by atoms with Gasteiger partial charge in [-0.1, -0.05) is 6.07 Å². The number of nitrogens with one attached hydrogen (secondary N) is 1. The summed E-state index contributed by atoms with van der Waals surface area (Å²) in [5.74, 6) is 0.829. The minimum absolute atomic E-state index is 0.0478. The van der Waals surface area contributed by atoms with Crippen LogP contribution in [-0.4, -0.2) is 5.91 Å². The molecule has 1 aliphatic heterocycles. The predicted octanol–water partition coefficient (Wildman–Crippen LogP) is 2.34. The molecule has 1 amide bonds. The van der Waals surface area contributed by atoms with E-state index in [0.717, 1.165) is 28.3 Å². The number of nitrogens with two attached hydrogens (primary N) is 1.